The average molecular weight is 305 g/mol. The number of carboxylic acid groups (broad SMARTS) is 1. The predicted molar refractivity (Wildman–Crippen MR) is 65.5 cm³/mol. The summed E-state index contributed by atoms with van der Waals surface area (Å²) in [7, 11) is 0. The van der Waals surface area contributed by atoms with Crippen molar-refractivity contribution < 1.29 is 32.9 Å². The molecule has 0 spiro atoms. The highest BCUT2D eigenvalue weighted by molar-refractivity contribution is 5.74. The number of rotatable bonds is 4. The highest BCUT2D eigenvalue weighted by Crippen LogP contribution is 2.29. The first-order valence-corrected chi connectivity index (χ1v) is 6.21. The molecule has 1 aromatic carbocycles. The lowest BCUT2D eigenvalue weighted by molar-refractivity contribution is -0.142. The van der Waals surface area contributed by atoms with E-state index in [4.69, 9.17) is 9.84 Å². The van der Waals surface area contributed by atoms with Gasteiger partial charge in [-0.3, -0.25) is 10.1 Å². The lowest BCUT2D eigenvalue weighted by Gasteiger charge is -2.17. The van der Waals surface area contributed by atoms with Gasteiger partial charge < -0.3 is 14.9 Å². The summed E-state index contributed by atoms with van der Waals surface area (Å²) in [6, 6.07) is 3.37. The zero-order valence-corrected chi connectivity index (χ0v) is 10.8. The lowest BCUT2D eigenvalue weighted by atomic mass is 10.1. The number of benzene rings is 1. The fourth-order valence-electron chi connectivity index (χ4n) is 2.08. The molecule has 5 nitrogen and oxygen atoms in total. The first-order chi connectivity index (χ1) is 9.79. The van der Waals surface area contributed by atoms with E-state index in [0.717, 1.165) is 12.1 Å². The van der Waals surface area contributed by atoms with Gasteiger partial charge in [0.1, 0.15) is 12.1 Å². The molecule has 0 radical (unpaired) electrons. The van der Waals surface area contributed by atoms with E-state index in [-0.39, 0.29) is 13.2 Å². The van der Waals surface area contributed by atoms with Gasteiger partial charge in [-0.1, -0.05) is 12.1 Å². The van der Waals surface area contributed by atoms with E-state index in [0.29, 0.717) is 5.56 Å². The van der Waals surface area contributed by atoms with Crippen molar-refractivity contribution in [1.29, 1.82) is 0 Å². The van der Waals surface area contributed by atoms with Gasteiger partial charge in [0, 0.05) is 6.54 Å². The smallest absolute Gasteiger partial charge is 0.416 e. The summed E-state index contributed by atoms with van der Waals surface area (Å²) in [5.41, 5.74) is -0.242. The standard InChI is InChI=1S/C13H14F3NO4/c14-13(15,16)8-3-1-7(2-4-8)6-21-9-5-17-10(11(9)18)12(19)20/h1-4,9-11,17-18H,5-6H2,(H,19,20)/t9-,10-,11+/m0/s1. The minimum absolute atomic E-state index is 0.00607. The zero-order valence-electron chi connectivity index (χ0n) is 10.8. The molecule has 1 aliphatic rings. The number of carbonyl (C=O) groups is 1. The van der Waals surface area contributed by atoms with Crippen LogP contribution in [-0.2, 0) is 22.3 Å². The lowest BCUT2D eigenvalue weighted by Crippen LogP contribution is -2.40. The Labute approximate surface area is 118 Å². The van der Waals surface area contributed by atoms with Crippen molar-refractivity contribution in [3.63, 3.8) is 0 Å². The molecule has 1 aromatic rings. The summed E-state index contributed by atoms with van der Waals surface area (Å²) in [6.07, 6.45) is -6.30. The minimum Gasteiger partial charge on any atom is -0.480 e. The molecule has 0 aromatic heterocycles. The van der Waals surface area contributed by atoms with E-state index in [9.17, 15) is 23.1 Å². The molecular formula is C13H14F3NO4. The van der Waals surface area contributed by atoms with Crippen LogP contribution in [-0.4, -0.2) is 41.0 Å². The van der Waals surface area contributed by atoms with Crippen LogP contribution in [0.5, 0.6) is 0 Å². The second kappa shape index (κ2) is 6.00. The van der Waals surface area contributed by atoms with Gasteiger partial charge in [0.05, 0.1) is 18.3 Å². The summed E-state index contributed by atoms with van der Waals surface area (Å²) in [5.74, 6) is -1.18. The molecule has 3 atom stereocenters. The number of aliphatic carboxylic acids is 1. The first-order valence-electron chi connectivity index (χ1n) is 6.21. The van der Waals surface area contributed by atoms with Crippen molar-refractivity contribution in [2.24, 2.45) is 0 Å². The third-order valence-electron chi connectivity index (χ3n) is 3.27. The number of nitrogens with one attached hydrogen (secondary N) is 1. The zero-order chi connectivity index (χ0) is 15.6. The van der Waals surface area contributed by atoms with Crippen molar-refractivity contribution >= 4 is 5.97 Å². The Morgan fingerprint density at radius 1 is 1.33 bits per heavy atom. The number of aliphatic hydroxyl groups excluding tert-OH is 1. The van der Waals surface area contributed by atoms with Crippen LogP contribution >= 0.6 is 0 Å². The summed E-state index contributed by atoms with van der Waals surface area (Å²) in [6.45, 7) is 0.159. The Hall–Kier alpha value is -1.64. The van der Waals surface area contributed by atoms with Crippen molar-refractivity contribution in [2.45, 2.75) is 31.0 Å². The van der Waals surface area contributed by atoms with E-state index >= 15 is 0 Å². The molecular weight excluding hydrogens is 291 g/mol. The number of halogens is 3. The predicted octanol–water partition coefficient (Wildman–Crippen LogP) is 1.01. The van der Waals surface area contributed by atoms with Gasteiger partial charge in [0.15, 0.2) is 0 Å². The van der Waals surface area contributed by atoms with Crippen LogP contribution in [0.1, 0.15) is 11.1 Å². The monoisotopic (exact) mass is 305 g/mol. The molecule has 3 N–H and O–H groups in total. The number of ether oxygens (including phenoxy) is 1. The van der Waals surface area contributed by atoms with Crippen LogP contribution in [0.4, 0.5) is 13.2 Å². The van der Waals surface area contributed by atoms with Crippen LogP contribution < -0.4 is 5.32 Å². The van der Waals surface area contributed by atoms with E-state index in [1.807, 2.05) is 0 Å². The maximum Gasteiger partial charge on any atom is 0.416 e. The molecule has 0 unspecified atom stereocenters. The fourth-order valence-corrected chi connectivity index (χ4v) is 2.08. The van der Waals surface area contributed by atoms with E-state index < -0.39 is 36.0 Å². The van der Waals surface area contributed by atoms with Crippen LogP contribution in [0.3, 0.4) is 0 Å². The normalized spacial score (nSPS) is 26.0. The third kappa shape index (κ3) is 3.72. The molecule has 116 valence electrons. The largest absolute Gasteiger partial charge is 0.480 e. The van der Waals surface area contributed by atoms with Gasteiger partial charge >= 0.3 is 12.1 Å². The van der Waals surface area contributed by atoms with Crippen LogP contribution in [0, 0.1) is 0 Å². The molecule has 0 amide bonds. The first kappa shape index (κ1) is 15.7. The Balaban J connectivity index is 1.91. The van der Waals surface area contributed by atoms with Crippen LogP contribution in [0.25, 0.3) is 0 Å². The molecule has 8 heteroatoms. The molecule has 1 fully saturated rings. The topological polar surface area (TPSA) is 78.8 Å². The Morgan fingerprint density at radius 2 is 1.95 bits per heavy atom. The van der Waals surface area contributed by atoms with Crippen molar-refractivity contribution in [3.05, 3.63) is 35.4 Å². The molecule has 2 rings (SSSR count). The van der Waals surface area contributed by atoms with E-state index in [1.165, 1.54) is 12.1 Å². The molecule has 0 bridgehead atoms. The Kier molecular flexibility index (Phi) is 4.50. The molecule has 21 heavy (non-hydrogen) atoms. The summed E-state index contributed by atoms with van der Waals surface area (Å²) >= 11 is 0. The van der Waals surface area contributed by atoms with Gasteiger partial charge in [0.2, 0.25) is 0 Å². The minimum atomic E-state index is -4.39. The summed E-state index contributed by atoms with van der Waals surface area (Å²) in [5, 5.41) is 21.1. The van der Waals surface area contributed by atoms with Gasteiger partial charge in [-0.15, -0.1) is 0 Å². The average Bonchev–Trinajstić information content (AvgIpc) is 2.77. The maximum atomic E-state index is 12.4. The van der Waals surface area contributed by atoms with Crippen molar-refractivity contribution in [2.75, 3.05) is 6.54 Å². The molecule has 1 aliphatic heterocycles. The summed E-state index contributed by atoms with van der Waals surface area (Å²) in [4.78, 5) is 10.8. The third-order valence-corrected chi connectivity index (χ3v) is 3.27. The quantitative estimate of drug-likeness (QED) is 0.774. The SMILES string of the molecule is O=C(O)[C@H]1NC[C@H](OCc2ccc(C(F)(F)F)cc2)[C@H]1O. The van der Waals surface area contributed by atoms with Gasteiger partial charge in [-0.25, -0.2) is 0 Å². The van der Waals surface area contributed by atoms with Crippen LogP contribution in [0.2, 0.25) is 0 Å². The van der Waals surface area contributed by atoms with E-state index in [1.54, 1.807) is 0 Å². The van der Waals surface area contributed by atoms with Gasteiger partial charge in [-0.2, -0.15) is 13.2 Å². The van der Waals surface area contributed by atoms with Gasteiger partial charge in [-0.05, 0) is 17.7 Å². The number of carboxylic acids is 1. The maximum absolute atomic E-state index is 12.4. The van der Waals surface area contributed by atoms with E-state index in [2.05, 4.69) is 5.32 Å². The Bertz CT molecular complexity index is 503. The molecule has 0 saturated carbocycles. The number of hydrogen-bond donors (Lipinski definition) is 3. The fraction of sp³-hybridized carbons (Fsp3) is 0.462. The van der Waals surface area contributed by atoms with Gasteiger partial charge in [0.25, 0.3) is 0 Å². The second-order valence-electron chi connectivity index (χ2n) is 4.76. The highest BCUT2D eigenvalue weighted by Gasteiger charge is 2.39. The molecule has 0 aliphatic carbocycles. The molecule has 1 heterocycles. The molecule has 1 saturated heterocycles. The van der Waals surface area contributed by atoms with Crippen molar-refractivity contribution in [1.82, 2.24) is 5.32 Å². The van der Waals surface area contributed by atoms with Crippen molar-refractivity contribution in [3.8, 4) is 0 Å². The summed E-state index contributed by atoms with van der Waals surface area (Å²) < 4.78 is 42.5. The number of hydrogen-bond acceptors (Lipinski definition) is 4. The highest BCUT2D eigenvalue weighted by atomic mass is 19.4. The van der Waals surface area contributed by atoms with Crippen LogP contribution in [0.15, 0.2) is 24.3 Å². The number of alkyl halides is 3. The second-order valence-corrected chi connectivity index (χ2v) is 4.76. The Morgan fingerprint density at radius 3 is 2.43 bits per heavy atom. The number of aliphatic hydroxyl groups is 1.